The van der Waals surface area contributed by atoms with Crippen LogP contribution in [-0.4, -0.2) is 27.6 Å². The molecule has 1 aromatic carbocycles. The first-order valence-corrected chi connectivity index (χ1v) is 9.90. The second-order valence-electron chi connectivity index (χ2n) is 4.82. The van der Waals surface area contributed by atoms with Gasteiger partial charge in [-0.1, -0.05) is 18.2 Å². The lowest BCUT2D eigenvalue weighted by molar-refractivity contribution is -0.137. The van der Waals surface area contributed by atoms with Crippen LogP contribution in [0.2, 0.25) is 0 Å². The molecule has 1 aliphatic rings. The van der Waals surface area contributed by atoms with E-state index in [0.29, 0.717) is 15.4 Å². The summed E-state index contributed by atoms with van der Waals surface area (Å²) >= 11 is 5.70. The number of thioether (sulfide) groups is 3. The van der Waals surface area contributed by atoms with Gasteiger partial charge in [0, 0.05) is 16.8 Å². The van der Waals surface area contributed by atoms with E-state index in [0.717, 1.165) is 23.1 Å². The van der Waals surface area contributed by atoms with E-state index in [2.05, 4.69) is 12.3 Å². The first kappa shape index (κ1) is 17.2. The first-order chi connectivity index (χ1) is 9.90. The molecule has 116 valence electrons. The van der Waals surface area contributed by atoms with Crippen molar-refractivity contribution in [2.45, 2.75) is 22.9 Å². The SMILES string of the molecule is CSC1CSC(/C=C/c2ccc(C(F)(F)F)cc2C)SC1. The summed E-state index contributed by atoms with van der Waals surface area (Å²) in [6.45, 7) is 1.72. The van der Waals surface area contributed by atoms with Crippen LogP contribution >= 0.6 is 35.3 Å². The molecular weight excluding hydrogens is 333 g/mol. The Hall–Kier alpha value is -0.200. The van der Waals surface area contributed by atoms with Crippen molar-refractivity contribution in [3.8, 4) is 0 Å². The minimum atomic E-state index is -4.27. The molecular formula is C15H17F3S3. The minimum Gasteiger partial charge on any atom is -0.166 e. The molecule has 0 unspecified atom stereocenters. The van der Waals surface area contributed by atoms with Crippen LogP contribution in [0.25, 0.3) is 6.08 Å². The molecule has 1 fully saturated rings. The van der Waals surface area contributed by atoms with Gasteiger partial charge in [0.2, 0.25) is 0 Å². The maximum absolute atomic E-state index is 12.6. The Morgan fingerprint density at radius 2 is 1.90 bits per heavy atom. The molecule has 0 N–H and O–H groups in total. The lowest BCUT2D eigenvalue weighted by atomic mass is 10.0. The number of hydrogen-bond donors (Lipinski definition) is 0. The molecule has 0 aromatic heterocycles. The molecule has 0 saturated carbocycles. The fraction of sp³-hybridized carbons (Fsp3) is 0.467. The molecule has 2 rings (SSSR count). The molecule has 0 spiro atoms. The highest BCUT2D eigenvalue weighted by atomic mass is 32.2. The van der Waals surface area contributed by atoms with Crippen LogP contribution in [0.5, 0.6) is 0 Å². The van der Waals surface area contributed by atoms with Gasteiger partial charge in [0.1, 0.15) is 0 Å². The van der Waals surface area contributed by atoms with Gasteiger partial charge in [0.25, 0.3) is 0 Å². The highest BCUT2D eigenvalue weighted by Gasteiger charge is 2.30. The van der Waals surface area contributed by atoms with Crippen molar-refractivity contribution in [1.82, 2.24) is 0 Å². The Morgan fingerprint density at radius 3 is 2.43 bits per heavy atom. The van der Waals surface area contributed by atoms with Crippen molar-refractivity contribution in [1.29, 1.82) is 0 Å². The van der Waals surface area contributed by atoms with Crippen LogP contribution in [0.3, 0.4) is 0 Å². The van der Waals surface area contributed by atoms with Gasteiger partial charge in [-0.15, -0.1) is 23.5 Å². The Labute approximate surface area is 136 Å². The number of benzene rings is 1. The number of alkyl halides is 3. The molecule has 0 nitrogen and oxygen atoms in total. The molecule has 0 aliphatic carbocycles. The number of rotatable bonds is 3. The van der Waals surface area contributed by atoms with E-state index in [1.54, 1.807) is 13.0 Å². The fourth-order valence-corrected chi connectivity index (χ4v) is 5.96. The summed E-state index contributed by atoms with van der Waals surface area (Å²) in [4.78, 5) is 0. The molecule has 0 atom stereocenters. The second kappa shape index (κ2) is 7.38. The molecule has 1 heterocycles. The van der Waals surface area contributed by atoms with E-state index >= 15 is 0 Å². The Balaban J connectivity index is 2.02. The van der Waals surface area contributed by atoms with Crippen LogP contribution in [0, 0.1) is 6.92 Å². The molecule has 0 amide bonds. The van der Waals surface area contributed by atoms with E-state index in [-0.39, 0.29) is 0 Å². The van der Waals surface area contributed by atoms with Crippen LogP contribution in [0.15, 0.2) is 24.3 Å². The Morgan fingerprint density at radius 1 is 1.24 bits per heavy atom. The van der Waals surface area contributed by atoms with Crippen molar-refractivity contribution in [2.75, 3.05) is 17.8 Å². The van der Waals surface area contributed by atoms with Gasteiger partial charge in [0.05, 0.1) is 10.1 Å². The van der Waals surface area contributed by atoms with E-state index < -0.39 is 11.7 Å². The van der Waals surface area contributed by atoms with Gasteiger partial charge in [-0.05, 0) is 36.4 Å². The summed E-state index contributed by atoms with van der Waals surface area (Å²) in [5.41, 5.74) is 0.937. The summed E-state index contributed by atoms with van der Waals surface area (Å²) in [6, 6.07) is 3.92. The standard InChI is InChI=1S/C15H17F3S3/c1-10-7-12(15(16,17)18)5-3-11(10)4-6-14-20-8-13(19-2)9-21-14/h3-7,13-14H,8-9H2,1-2H3/b6-4+. The predicted molar refractivity (Wildman–Crippen MR) is 91.2 cm³/mol. The van der Waals surface area contributed by atoms with Crippen LogP contribution in [0.4, 0.5) is 13.2 Å². The summed E-state index contributed by atoms with van der Waals surface area (Å²) < 4.78 is 38.3. The van der Waals surface area contributed by atoms with Crippen LogP contribution < -0.4 is 0 Å². The predicted octanol–water partition coefficient (Wildman–Crippen LogP) is 5.56. The summed E-state index contributed by atoms with van der Waals surface area (Å²) in [5.74, 6) is 2.27. The smallest absolute Gasteiger partial charge is 0.166 e. The zero-order chi connectivity index (χ0) is 15.5. The minimum absolute atomic E-state index is 0.398. The summed E-state index contributed by atoms with van der Waals surface area (Å²) in [5, 5.41) is 0.706. The van der Waals surface area contributed by atoms with Gasteiger partial charge in [-0.25, -0.2) is 0 Å². The third kappa shape index (κ3) is 4.89. The maximum atomic E-state index is 12.6. The van der Waals surface area contributed by atoms with Gasteiger partial charge in [-0.2, -0.15) is 24.9 Å². The normalized spacial score (nSPS) is 23.7. The van der Waals surface area contributed by atoms with Crippen molar-refractivity contribution >= 4 is 41.4 Å². The first-order valence-electron chi connectivity index (χ1n) is 6.52. The summed E-state index contributed by atoms with van der Waals surface area (Å²) in [6.07, 6.45) is 1.91. The number of aryl methyl sites for hydroxylation is 1. The maximum Gasteiger partial charge on any atom is 0.416 e. The molecule has 1 aromatic rings. The Kier molecular flexibility index (Phi) is 6.03. The van der Waals surface area contributed by atoms with Crippen LogP contribution in [-0.2, 0) is 6.18 Å². The van der Waals surface area contributed by atoms with Gasteiger partial charge in [-0.3, -0.25) is 0 Å². The molecule has 21 heavy (non-hydrogen) atoms. The molecule has 1 aliphatic heterocycles. The molecule has 0 radical (unpaired) electrons. The molecule has 6 heteroatoms. The van der Waals surface area contributed by atoms with E-state index in [1.165, 1.54) is 6.07 Å². The molecule has 1 saturated heterocycles. The van der Waals surface area contributed by atoms with Gasteiger partial charge < -0.3 is 0 Å². The van der Waals surface area contributed by atoms with Crippen molar-refractivity contribution in [2.24, 2.45) is 0 Å². The zero-order valence-corrected chi connectivity index (χ0v) is 14.3. The lowest BCUT2D eigenvalue weighted by Crippen LogP contribution is -2.18. The van der Waals surface area contributed by atoms with E-state index in [9.17, 15) is 13.2 Å². The number of hydrogen-bond acceptors (Lipinski definition) is 3. The topological polar surface area (TPSA) is 0 Å². The van der Waals surface area contributed by atoms with Crippen molar-refractivity contribution < 1.29 is 13.2 Å². The largest absolute Gasteiger partial charge is 0.416 e. The second-order valence-corrected chi connectivity index (χ2v) is 8.61. The molecule has 0 bridgehead atoms. The highest BCUT2D eigenvalue weighted by molar-refractivity contribution is 8.19. The third-order valence-electron chi connectivity index (χ3n) is 3.26. The Bertz CT molecular complexity index is 503. The van der Waals surface area contributed by atoms with Crippen molar-refractivity contribution in [3.63, 3.8) is 0 Å². The number of halogens is 3. The lowest BCUT2D eigenvalue weighted by Gasteiger charge is -2.24. The van der Waals surface area contributed by atoms with E-state index in [4.69, 9.17) is 0 Å². The van der Waals surface area contributed by atoms with Gasteiger partial charge >= 0.3 is 6.18 Å². The fourth-order valence-electron chi connectivity index (χ4n) is 1.97. The quantitative estimate of drug-likeness (QED) is 0.700. The monoisotopic (exact) mass is 350 g/mol. The van der Waals surface area contributed by atoms with E-state index in [1.807, 2.05) is 41.4 Å². The average molecular weight is 350 g/mol. The van der Waals surface area contributed by atoms with Crippen LogP contribution in [0.1, 0.15) is 16.7 Å². The highest BCUT2D eigenvalue weighted by Crippen LogP contribution is 2.36. The average Bonchev–Trinajstić information content (AvgIpc) is 2.45. The summed E-state index contributed by atoms with van der Waals surface area (Å²) in [7, 11) is 0. The zero-order valence-electron chi connectivity index (χ0n) is 11.8. The van der Waals surface area contributed by atoms with Crippen molar-refractivity contribution in [3.05, 3.63) is 41.0 Å². The third-order valence-corrected chi connectivity index (χ3v) is 7.66. The van der Waals surface area contributed by atoms with Gasteiger partial charge in [0.15, 0.2) is 0 Å².